The molecule has 0 radical (unpaired) electrons. The Hall–Kier alpha value is -3.22. The molecule has 0 aliphatic heterocycles. The number of nitrogens with zero attached hydrogens (tertiary/aromatic N) is 2. The highest BCUT2D eigenvalue weighted by Crippen LogP contribution is 2.24. The zero-order valence-corrected chi connectivity index (χ0v) is 12.1. The maximum absolute atomic E-state index is 13.7. The van der Waals surface area contributed by atoms with E-state index in [1.807, 2.05) is 0 Å². The second-order valence-corrected chi connectivity index (χ2v) is 4.87. The van der Waals surface area contributed by atoms with Crippen molar-refractivity contribution < 1.29 is 13.7 Å². The zero-order valence-electron chi connectivity index (χ0n) is 12.1. The monoisotopic (exact) mass is 313 g/mol. The lowest BCUT2D eigenvalue weighted by molar-refractivity contribution is 0.102. The van der Waals surface area contributed by atoms with Crippen LogP contribution in [-0.4, -0.2) is 15.6 Å². The minimum Gasteiger partial charge on any atom is -0.338 e. The molecule has 3 rings (SSSR count). The summed E-state index contributed by atoms with van der Waals surface area (Å²) in [6.45, 7) is 0. The molecule has 2 aromatic heterocycles. The minimum absolute atomic E-state index is 0.0638. The SMILES string of the molecule is Cn1ccc(C(=O)Nc2cc(-c3ccccc3F)no2)cc1=O. The molecule has 1 N–H and O–H groups in total. The Balaban J connectivity index is 1.81. The van der Waals surface area contributed by atoms with Gasteiger partial charge >= 0.3 is 0 Å². The van der Waals surface area contributed by atoms with Crippen molar-refractivity contribution in [1.82, 2.24) is 9.72 Å². The first kappa shape index (κ1) is 14.7. The highest BCUT2D eigenvalue weighted by atomic mass is 19.1. The number of aryl methyl sites for hydroxylation is 1. The molecule has 23 heavy (non-hydrogen) atoms. The van der Waals surface area contributed by atoms with E-state index in [-0.39, 0.29) is 28.3 Å². The fourth-order valence-electron chi connectivity index (χ4n) is 2.00. The molecule has 3 aromatic rings. The van der Waals surface area contributed by atoms with E-state index in [2.05, 4.69) is 10.5 Å². The molecule has 0 spiro atoms. The summed E-state index contributed by atoms with van der Waals surface area (Å²) >= 11 is 0. The average molecular weight is 313 g/mol. The van der Waals surface area contributed by atoms with E-state index in [0.29, 0.717) is 0 Å². The first-order chi connectivity index (χ1) is 11.0. The summed E-state index contributed by atoms with van der Waals surface area (Å²) < 4.78 is 20.0. The number of benzene rings is 1. The van der Waals surface area contributed by atoms with Gasteiger partial charge in [-0.25, -0.2) is 4.39 Å². The molecular weight excluding hydrogens is 301 g/mol. The molecule has 6 nitrogen and oxygen atoms in total. The standard InChI is InChI=1S/C16H12FN3O3/c1-20-7-6-10(8-15(20)21)16(22)18-14-9-13(19-23-14)11-4-2-3-5-12(11)17/h2-9H,1H3,(H,18,22). The van der Waals surface area contributed by atoms with Gasteiger partial charge in [-0.1, -0.05) is 17.3 Å². The highest BCUT2D eigenvalue weighted by Gasteiger charge is 2.13. The van der Waals surface area contributed by atoms with Crippen LogP contribution in [0.1, 0.15) is 10.4 Å². The van der Waals surface area contributed by atoms with Gasteiger partial charge in [-0.3, -0.25) is 14.9 Å². The van der Waals surface area contributed by atoms with Gasteiger partial charge in [-0.15, -0.1) is 0 Å². The first-order valence-electron chi connectivity index (χ1n) is 6.74. The van der Waals surface area contributed by atoms with Crippen molar-refractivity contribution in [1.29, 1.82) is 0 Å². The van der Waals surface area contributed by atoms with E-state index >= 15 is 0 Å². The predicted octanol–water partition coefficient (Wildman–Crippen LogP) is 2.43. The van der Waals surface area contributed by atoms with Crippen molar-refractivity contribution in [3.63, 3.8) is 0 Å². The molecule has 0 bridgehead atoms. The number of amides is 1. The molecule has 7 heteroatoms. The molecule has 0 atom stereocenters. The third-order valence-corrected chi connectivity index (χ3v) is 3.26. The number of nitrogens with one attached hydrogen (secondary N) is 1. The molecule has 1 aromatic carbocycles. The number of pyridine rings is 1. The Morgan fingerprint density at radius 2 is 2.04 bits per heavy atom. The van der Waals surface area contributed by atoms with Crippen molar-refractivity contribution in [2.75, 3.05) is 5.32 Å². The van der Waals surface area contributed by atoms with Crippen LogP contribution >= 0.6 is 0 Å². The van der Waals surface area contributed by atoms with E-state index in [4.69, 9.17) is 4.52 Å². The van der Waals surface area contributed by atoms with Gasteiger partial charge in [0.25, 0.3) is 11.5 Å². The Bertz CT molecular complexity index is 930. The van der Waals surface area contributed by atoms with Crippen LogP contribution in [0.25, 0.3) is 11.3 Å². The molecule has 0 unspecified atom stereocenters. The van der Waals surface area contributed by atoms with Crippen molar-refractivity contribution in [3.8, 4) is 11.3 Å². The molecular formula is C16H12FN3O3. The molecule has 0 aliphatic carbocycles. The molecule has 0 saturated carbocycles. The lowest BCUT2D eigenvalue weighted by atomic mass is 10.1. The summed E-state index contributed by atoms with van der Waals surface area (Å²) in [5.41, 5.74) is 0.423. The van der Waals surface area contributed by atoms with Crippen LogP contribution < -0.4 is 10.9 Å². The van der Waals surface area contributed by atoms with Crippen molar-refractivity contribution in [3.05, 3.63) is 70.4 Å². The number of hydrogen-bond donors (Lipinski definition) is 1. The Morgan fingerprint density at radius 1 is 1.26 bits per heavy atom. The van der Waals surface area contributed by atoms with Gasteiger partial charge in [-0.05, 0) is 18.2 Å². The van der Waals surface area contributed by atoms with Gasteiger partial charge in [0.05, 0.1) is 0 Å². The Morgan fingerprint density at radius 3 is 2.78 bits per heavy atom. The third-order valence-electron chi connectivity index (χ3n) is 3.26. The van der Waals surface area contributed by atoms with Crippen LogP contribution in [0.2, 0.25) is 0 Å². The van der Waals surface area contributed by atoms with Crippen molar-refractivity contribution in [2.45, 2.75) is 0 Å². The average Bonchev–Trinajstić information content (AvgIpc) is 2.98. The van der Waals surface area contributed by atoms with Gasteiger partial charge in [0.2, 0.25) is 5.88 Å². The van der Waals surface area contributed by atoms with Crippen LogP contribution in [0.15, 0.2) is 58.0 Å². The fourth-order valence-corrected chi connectivity index (χ4v) is 2.00. The minimum atomic E-state index is -0.515. The quantitative estimate of drug-likeness (QED) is 0.805. The second kappa shape index (κ2) is 5.88. The maximum Gasteiger partial charge on any atom is 0.258 e. The normalized spacial score (nSPS) is 10.5. The number of aromatic nitrogens is 2. The molecule has 116 valence electrons. The zero-order chi connectivity index (χ0) is 16.4. The fraction of sp³-hybridized carbons (Fsp3) is 0.0625. The lowest BCUT2D eigenvalue weighted by Gasteiger charge is -2.01. The van der Waals surface area contributed by atoms with Gasteiger partial charge < -0.3 is 9.09 Å². The van der Waals surface area contributed by atoms with Crippen LogP contribution in [0.4, 0.5) is 10.3 Å². The summed E-state index contributed by atoms with van der Waals surface area (Å²) in [5, 5.41) is 6.21. The van der Waals surface area contributed by atoms with Crippen LogP contribution in [0.3, 0.4) is 0 Å². The topological polar surface area (TPSA) is 77.1 Å². The Kier molecular flexibility index (Phi) is 3.76. The predicted molar refractivity (Wildman–Crippen MR) is 81.5 cm³/mol. The van der Waals surface area contributed by atoms with Crippen LogP contribution in [-0.2, 0) is 7.05 Å². The van der Waals surface area contributed by atoms with Crippen molar-refractivity contribution in [2.24, 2.45) is 7.05 Å². The number of anilines is 1. The number of carbonyl (C=O) groups excluding carboxylic acids is 1. The number of halogens is 1. The largest absolute Gasteiger partial charge is 0.338 e. The van der Waals surface area contributed by atoms with E-state index in [9.17, 15) is 14.0 Å². The molecule has 0 saturated heterocycles. The summed E-state index contributed by atoms with van der Waals surface area (Å²) in [5.74, 6) is -0.891. The van der Waals surface area contributed by atoms with E-state index < -0.39 is 11.7 Å². The molecule has 0 fully saturated rings. The third kappa shape index (κ3) is 3.03. The lowest BCUT2D eigenvalue weighted by Crippen LogP contribution is -2.19. The number of rotatable bonds is 3. The van der Waals surface area contributed by atoms with E-state index in [0.717, 1.165) is 0 Å². The maximum atomic E-state index is 13.7. The van der Waals surface area contributed by atoms with Crippen LogP contribution in [0, 0.1) is 5.82 Å². The first-order valence-corrected chi connectivity index (χ1v) is 6.74. The summed E-state index contributed by atoms with van der Waals surface area (Å²) in [4.78, 5) is 23.6. The van der Waals surface area contributed by atoms with E-state index in [1.165, 1.54) is 35.0 Å². The summed E-state index contributed by atoms with van der Waals surface area (Å²) in [6, 6.07) is 10.2. The summed E-state index contributed by atoms with van der Waals surface area (Å²) in [7, 11) is 1.58. The molecule has 0 aliphatic rings. The summed E-state index contributed by atoms with van der Waals surface area (Å²) in [6.07, 6.45) is 1.49. The smallest absolute Gasteiger partial charge is 0.258 e. The van der Waals surface area contributed by atoms with Gasteiger partial charge in [0, 0.05) is 36.5 Å². The van der Waals surface area contributed by atoms with Crippen molar-refractivity contribution >= 4 is 11.8 Å². The van der Waals surface area contributed by atoms with Crippen LogP contribution in [0.5, 0.6) is 0 Å². The van der Waals surface area contributed by atoms with Gasteiger partial charge in [0.1, 0.15) is 11.5 Å². The Labute approximate surface area is 130 Å². The molecule has 2 heterocycles. The van der Waals surface area contributed by atoms with Gasteiger partial charge in [-0.2, -0.15) is 0 Å². The highest BCUT2D eigenvalue weighted by molar-refractivity contribution is 6.03. The number of carbonyl (C=O) groups is 1. The van der Waals surface area contributed by atoms with Gasteiger partial charge in [0.15, 0.2) is 0 Å². The molecule has 1 amide bonds. The second-order valence-electron chi connectivity index (χ2n) is 4.87. The van der Waals surface area contributed by atoms with E-state index in [1.54, 1.807) is 25.2 Å². The number of hydrogen-bond acceptors (Lipinski definition) is 4.